The van der Waals surface area contributed by atoms with E-state index in [1.807, 2.05) is 37.9 Å². The Kier molecular flexibility index (Phi) is 7.88. The summed E-state index contributed by atoms with van der Waals surface area (Å²) in [4.78, 5) is 26.9. The molecule has 224 valence electrons. The van der Waals surface area contributed by atoms with Crippen molar-refractivity contribution in [3.8, 4) is 28.1 Å². The summed E-state index contributed by atoms with van der Waals surface area (Å²) in [6.45, 7) is 9.04. The number of carbonyl (C=O) groups is 1. The first-order chi connectivity index (χ1) is 20.7. The van der Waals surface area contributed by atoms with E-state index in [1.165, 1.54) is 4.90 Å². The summed E-state index contributed by atoms with van der Waals surface area (Å²) in [5.41, 5.74) is 5.28. The summed E-state index contributed by atoms with van der Waals surface area (Å²) < 4.78 is 16.5. The molecule has 1 aliphatic heterocycles. The van der Waals surface area contributed by atoms with Crippen LogP contribution in [0.4, 0.5) is 4.79 Å². The van der Waals surface area contributed by atoms with E-state index in [2.05, 4.69) is 46.4 Å². The minimum Gasteiger partial charge on any atom is -0.489 e. The third-order valence-corrected chi connectivity index (χ3v) is 9.61. The van der Waals surface area contributed by atoms with E-state index in [1.54, 1.807) is 17.1 Å². The first-order valence-electron chi connectivity index (χ1n) is 14.6. The van der Waals surface area contributed by atoms with E-state index in [0.717, 1.165) is 50.4 Å². The molecule has 0 bridgehead atoms. The fourth-order valence-electron chi connectivity index (χ4n) is 5.43. The second-order valence-corrected chi connectivity index (χ2v) is 17.9. The molecule has 0 atom stereocenters. The molecule has 11 nitrogen and oxygen atoms in total. The van der Waals surface area contributed by atoms with Gasteiger partial charge >= 0.3 is 6.09 Å². The van der Waals surface area contributed by atoms with Crippen molar-refractivity contribution in [2.24, 2.45) is 7.05 Å². The predicted octanol–water partition coefficient (Wildman–Crippen LogP) is 5.88. The highest BCUT2D eigenvalue weighted by molar-refractivity contribution is 6.76. The van der Waals surface area contributed by atoms with Gasteiger partial charge in [-0.25, -0.2) is 9.78 Å². The lowest BCUT2D eigenvalue weighted by molar-refractivity contribution is 0.0896. The zero-order chi connectivity index (χ0) is 30.1. The van der Waals surface area contributed by atoms with E-state index < -0.39 is 14.2 Å². The van der Waals surface area contributed by atoms with Gasteiger partial charge in [-0.1, -0.05) is 19.6 Å². The van der Waals surface area contributed by atoms with Gasteiger partial charge in [0.2, 0.25) is 0 Å². The summed E-state index contributed by atoms with van der Waals surface area (Å²) in [7, 11) is 0.682. The SMILES string of the molecule is Cn1cc(-c2cnc3c(c2)c2cc(-c4cnccc4OC4CCN(C(=O)O)CC4)ncc2n3COCC[Si](C)(C)C)cn1. The fraction of sp³-hybridized carbons (Fsp3) is 0.387. The second kappa shape index (κ2) is 11.8. The number of piperidine rings is 1. The highest BCUT2D eigenvalue weighted by atomic mass is 28.3. The average Bonchev–Trinajstić information content (AvgIpc) is 3.56. The van der Waals surface area contributed by atoms with Crippen LogP contribution in [0.25, 0.3) is 44.3 Å². The zero-order valence-corrected chi connectivity index (χ0v) is 26.0. The molecule has 0 unspecified atom stereocenters. The standard InChI is InChI=1S/C31H37N7O4Si/c1-36-19-22(16-35-36)21-13-25-24-14-27(26-17-32-8-5-29(26)42-23-6-9-37(10-7-23)31(39)40)33-18-28(24)38(30(25)34-15-21)20-41-11-12-43(2,3)4/h5,8,13-19,23H,6-7,9-12,20H2,1-4H3,(H,39,40). The molecule has 5 aromatic rings. The van der Waals surface area contributed by atoms with Gasteiger partial charge in [0.15, 0.2) is 0 Å². The summed E-state index contributed by atoms with van der Waals surface area (Å²) in [6, 6.07) is 7.16. The second-order valence-electron chi connectivity index (χ2n) is 12.3. The van der Waals surface area contributed by atoms with Gasteiger partial charge in [0, 0.05) is 94.3 Å². The molecule has 5 aromatic heterocycles. The summed E-state index contributed by atoms with van der Waals surface area (Å²) in [5.74, 6) is 0.684. The molecule has 1 saturated heterocycles. The molecular formula is C31H37N7O4Si. The van der Waals surface area contributed by atoms with Crippen molar-refractivity contribution in [3.63, 3.8) is 0 Å². The van der Waals surface area contributed by atoms with Crippen LogP contribution >= 0.6 is 0 Å². The van der Waals surface area contributed by atoms with Crippen LogP contribution in [0.5, 0.6) is 5.75 Å². The number of rotatable bonds is 9. The van der Waals surface area contributed by atoms with Gasteiger partial charge in [-0.15, -0.1) is 0 Å². The van der Waals surface area contributed by atoms with Gasteiger partial charge < -0.3 is 19.5 Å². The number of fused-ring (bicyclic) bond motifs is 3. The van der Waals surface area contributed by atoms with Gasteiger partial charge in [0.05, 0.1) is 29.2 Å². The molecule has 0 spiro atoms. The molecule has 6 rings (SSSR count). The average molecular weight is 600 g/mol. The Morgan fingerprint density at radius 1 is 1.05 bits per heavy atom. The fourth-order valence-corrected chi connectivity index (χ4v) is 6.18. The highest BCUT2D eigenvalue weighted by Crippen LogP contribution is 2.36. The van der Waals surface area contributed by atoms with Gasteiger partial charge in [0.1, 0.15) is 24.2 Å². The van der Waals surface area contributed by atoms with Crippen LogP contribution in [0.3, 0.4) is 0 Å². The molecule has 0 radical (unpaired) electrons. The largest absolute Gasteiger partial charge is 0.489 e. The molecule has 1 amide bonds. The third kappa shape index (κ3) is 6.25. The van der Waals surface area contributed by atoms with Gasteiger partial charge in [0.25, 0.3) is 0 Å². The van der Waals surface area contributed by atoms with E-state index >= 15 is 0 Å². The van der Waals surface area contributed by atoms with Crippen molar-refractivity contribution in [2.45, 2.75) is 51.4 Å². The Bertz CT molecular complexity index is 1770. The predicted molar refractivity (Wildman–Crippen MR) is 168 cm³/mol. The number of nitrogens with zero attached hydrogens (tertiary/aromatic N) is 7. The lowest BCUT2D eigenvalue weighted by Crippen LogP contribution is -2.41. The molecule has 6 heterocycles. The maximum atomic E-state index is 11.3. The Morgan fingerprint density at radius 3 is 2.58 bits per heavy atom. The minimum absolute atomic E-state index is 0.0815. The van der Waals surface area contributed by atoms with Gasteiger partial charge in [-0.3, -0.25) is 19.2 Å². The van der Waals surface area contributed by atoms with E-state index in [-0.39, 0.29) is 6.10 Å². The van der Waals surface area contributed by atoms with Crippen LogP contribution in [0, 0.1) is 0 Å². The minimum atomic E-state index is -1.22. The number of ether oxygens (including phenoxy) is 2. The topological polar surface area (TPSA) is 120 Å². The van der Waals surface area contributed by atoms with Crippen molar-refractivity contribution in [2.75, 3.05) is 19.7 Å². The number of carboxylic acid groups (broad SMARTS) is 1. The van der Waals surface area contributed by atoms with E-state index in [4.69, 9.17) is 19.4 Å². The molecule has 0 saturated carbocycles. The van der Waals surface area contributed by atoms with Crippen LogP contribution < -0.4 is 4.74 Å². The molecule has 12 heteroatoms. The first-order valence-corrected chi connectivity index (χ1v) is 18.3. The number of aryl methyl sites for hydroxylation is 1. The summed E-state index contributed by atoms with van der Waals surface area (Å²) in [5, 5.41) is 15.6. The number of pyridine rings is 3. The van der Waals surface area contributed by atoms with Crippen molar-refractivity contribution < 1.29 is 19.4 Å². The van der Waals surface area contributed by atoms with Crippen molar-refractivity contribution in [1.82, 2.24) is 34.2 Å². The molecule has 0 aliphatic carbocycles. The Balaban J connectivity index is 1.37. The molecule has 43 heavy (non-hydrogen) atoms. The highest BCUT2D eigenvalue weighted by Gasteiger charge is 2.25. The van der Waals surface area contributed by atoms with Crippen LogP contribution in [-0.2, 0) is 18.5 Å². The summed E-state index contributed by atoms with van der Waals surface area (Å²) >= 11 is 0. The molecule has 1 aliphatic rings. The van der Waals surface area contributed by atoms with E-state index in [9.17, 15) is 9.90 Å². The smallest absolute Gasteiger partial charge is 0.407 e. The zero-order valence-electron chi connectivity index (χ0n) is 25.0. The molecule has 1 N–H and O–H groups in total. The van der Waals surface area contributed by atoms with Crippen LogP contribution in [0.15, 0.2) is 55.4 Å². The lowest BCUT2D eigenvalue weighted by Gasteiger charge is -2.30. The molecule has 1 fully saturated rings. The molecule has 0 aromatic carbocycles. The monoisotopic (exact) mass is 599 g/mol. The normalized spacial score (nSPS) is 14.6. The Morgan fingerprint density at radius 2 is 1.86 bits per heavy atom. The number of likely N-dealkylation sites (tertiary alicyclic amines) is 1. The van der Waals surface area contributed by atoms with Crippen molar-refractivity contribution in [1.29, 1.82) is 0 Å². The Hall–Kier alpha value is -4.29. The Labute approximate surface area is 251 Å². The maximum Gasteiger partial charge on any atom is 0.407 e. The number of hydrogen-bond donors (Lipinski definition) is 1. The quantitative estimate of drug-likeness (QED) is 0.165. The maximum absolute atomic E-state index is 11.3. The van der Waals surface area contributed by atoms with Crippen LogP contribution in [0.1, 0.15) is 12.8 Å². The molecular weight excluding hydrogens is 562 g/mol. The number of amides is 1. The third-order valence-electron chi connectivity index (χ3n) is 7.90. The first kappa shape index (κ1) is 28.8. The van der Waals surface area contributed by atoms with Crippen molar-refractivity contribution in [3.05, 3.63) is 55.4 Å². The van der Waals surface area contributed by atoms with E-state index in [0.29, 0.717) is 45.0 Å². The van der Waals surface area contributed by atoms with Gasteiger partial charge in [-0.2, -0.15) is 5.10 Å². The lowest BCUT2D eigenvalue weighted by atomic mass is 10.1. The van der Waals surface area contributed by atoms with Gasteiger partial charge in [-0.05, 0) is 24.2 Å². The number of hydrogen-bond acceptors (Lipinski definition) is 7. The van der Waals surface area contributed by atoms with Crippen LogP contribution in [0.2, 0.25) is 25.7 Å². The summed E-state index contributed by atoms with van der Waals surface area (Å²) in [6.07, 6.45) is 11.4. The number of aromatic nitrogens is 6. The van der Waals surface area contributed by atoms with Crippen LogP contribution in [-0.4, -0.2) is 79.3 Å². The van der Waals surface area contributed by atoms with Crippen molar-refractivity contribution >= 4 is 36.1 Å².